The van der Waals surface area contributed by atoms with Gasteiger partial charge in [-0.15, -0.1) is 0 Å². The Bertz CT molecular complexity index is 391. The van der Waals surface area contributed by atoms with E-state index in [9.17, 15) is 0 Å². The Kier molecular flexibility index (Phi) is 4.07. The zero-order valence-electron chi connectivity index (χ0n) is 10.1. The Morgan fingerprint density at radius 3 is 2.71 bits per heavy atom. The third-order valence-electron chi connectivity index (χ3n) is 3.13. The molecule has 0 bridgehead atoms. The zero-order valence-corrected chi connectivity index (χ0v) is 11.7. The van der Waals surface area contributed by atoms with Crippen LogP contribution >= 0.6 is 15.9 Å². The van der Waals surface area contributed by atoms with Gasteiger partial charge < -0.3 is 15.7 Å². The maximum Gasteiger partial charge on any atom is 0.0606 e. The van der Waals surface area contributed by atoms with Crippen LogP contribution in [0.1, 0.15) is 31.4 Å². The largest absolute Gasteiger partial charge is 0.395 e. The molecule has 1 aliphatic rings. The van der Waals surface area contributed by atoms with E-state index < -0.39 is 0 Å². The SMILES string of the molecule is CC(N)c1ccc(N(CCO)C2CC2)cc1Br. The molecule has 1 aromatic rings. The highest BCUT2D eigenvalue weighted by Crippen LogP contribution is 2.34. The minimum absolute atomic E-state index is 0.0330. The minimum atomic E-state index is 0.0330. The van der Waals surface area contributed by atoms with E-state index >= 15 is 0 Å². The highest BCUT2D eigenvalue weighted by molar-refractivity contribution is 9.10. The van der Waals surface area contributed by atoms with Crippen LogP contribution in [0.4, 0.5) is 5.69 Å². The van der Waals surface area contributed by atoms with Crippen molar-refractivity contribution in [3.05, 3.63) is 28.2 Å². The van der Waals surface area contributed by atoms with E-state index in [4.69, 9.17) is 10.8 Å². The van der Waals surface area contributed by atoms with Gasteiger partial charge in [0.25, 0.3) is 0 Å². The molecule has 3 nitrogen and oxygen atoms in total. The van der Waals surface area contributed by atoms with Crippen molar-refractivity contribution < 1.29 is 5.11 Å². The van der Waals surface area contributed by atoms with Crippen LogP contribution in [0.25, 0.3) is 0 Å². The van der Waals surface area contributed by atoms with Crippen LogP contribution in [-0.2, 0) is 0 Å². The molecule has 2 rings (SSSR count). The molecule has 17 heavy (non-hydrogen) atoms. The summed E-state index contributed by atoms with van der Waals surface area (Å²) in [4.78, 5) is 2.27. The first-order valence-electron chi connectivity index (χ1n) is 6.06. The van der Waals surface area contributed by atoms with Gasteiger partial charge in [-0.25, -0.2) is 0 Å². The Morgan fingerprint density at radius 1 is 1.53 bits per heavy atom. The predicted molar refractivity (Wildman–Crippen MR) is 74.2 cm³/mol. The van der Waals surface area contributed by atoms with Crippen molar-refractivity contribution >= 4 is 21.6 Å². The first-order chi connectivity index (χ1) is 8.13. The highest BCUT2D eigenvalue weighted by atomic mass is 79.9. The van der Waals surface area contributed by atoms with Gasteiger partial charge in [0.2, 0.25) is 0 Å². The zero-order chi connectivity index (χ0) is 12.4. The molecular weight excluding hydrogens is 280 g/mol. The summed E-state index contributed by atoms with van der Waals surface area (Å²) in [6.45, 7) is 2.88. The van der Waals surface area contributed by atoms with Gasteiger partial charge in [-0.05, 0) is 37.5 Å². The molecule has 1 aliphatic carbocycles. The third kappa shape index (κ3) is 3.00. The lowest BCUT2D eigenvalue weighted by molar-refractivity contribution is 0.301. The molecule has 94 valence electrons. The van der Waals surface area contributed by atoms with Crippen LogP contribution in [-0.4, -0.2) is 24.3 Å². The number of benzene rings is 1. The summed E-state index contributed by atoms with van der Waals surface area (Å²) < 4.78 is 1.05. The summed E-state index contributed by atoms with van der Waals surface area (Å²) in [5, 5.41) is 9.11. The van der Waals surface area contributed by atoms with Crippen LogP contribution in [0.15, 0.2) is 22.7 Å². The van der Waals surface area contributed by atoms with E-state index in [-0.39, 0.29) is 12.6 Å². The summed E-state index contributed by atoms with van der Waals surface area (Å²) in [5.74, 6) is 0. The molecule has 3 N–H and O–H groups in total. The molecule has 0 aromatic heterocycles. The van der Waals surface area contributed by atoms with E-state index in [1.165, 1.54) is 12.8 Å². The molecular formula is C13H19BrN2O. The van der Waals surface area contributed by atoms with Crippen LogP contribution in [0, 0.1) is 0 Å². The quantitative estimate of drug-likeness (QED) is 0.878. The number of aliphatic hydroxyl groups excluding tert-OH is 1. The van der Waals surface area contributed by atoms with Gasteiger partial charge in [0, 0.05) is 28.8 Å². The van der Waals surface area contributed by atoms with E-state index in [0.717, 1.165) is 15.7 Å². The van der Waals surface area contributed by atoms with Gasteiger partial charge in [0.05, 0.1) is 6.61 Å². The lowest BCUT2D eigenvalue weighted by Gasteiger charge is -2.24. The highest BCUT2D eigenvalue weighted by Gasteiger charge is 2.29. The summed E-state index contributed by atoms with van der Waals surface area (Å²) in [6, 6.07) is 6.90. The number of halogens is 1. The van der Waals surface area contributed by atoms with Crippen LogP contribution < -0.4 is 10.6 Å². The predicted octanol–water partition coefficient (Wildman–Crippen LogP) is 2.43. The molecule has 0 spiro atoms. The molecule has 0 heterocycles. The lowest BCUT2D eigenvalue weighted by atomic mass is 10.1. The van der Waals surface area contributed by atoms with Crippen molar-refractivity contribution in [3.8, 4) is 0 Å². The van der Waals surface area contributed by atoms with Gasteiger partial charge in [0.1, 0.15) is 0 Å². The molecule has 0 amide bonds. The second-order valence-electron chi connectivity index (χ2n) is 4.64. The molecule has 4 heteroatoms. The normalized spacial score (nSPS) is 16.9. The molecule has 0 radical (unpaired) electrons. The van der Waals surface area contributed by atoms with Gasteiger partial charge in [-0.3, -0.25) is 0 Å². The second kappa shape index (κ2) is 5.38. The van der Waals surface area contributed by atoms with Crippen molar-refractivity contribution in [2.24, 2.45) is 5.73 Å². The topological polar surface area (TPSA) is 49.5 Å². The Balaban J connectivity index is 2.22. The number of anilines is 1. The summed E-state index contributed by atoms with van der Waals surface area (Å²) >= 11 is 3.57. The number of hydrogen-bond acceptors (Lipinski definition) is 3. The maximum absolute atomic E-state index is 9.11. The fourth-order valence-electron chi connectivity index (χ4n) is 2.08. The number of hydrogen-bond donors (Lipinski definition) is 2. The van der Waals surface area contributed by atoms with Gasteiger partial charge >= 0.3 is 0 Å². The third-order valence-corrected chi connectivity index (χ3v) is 3.82. The first kappa shape index (κ1) is 12.9. The van der Waals surface area contributed by atoms with Crippen LogP contribution in [0.3, 0.4) is 0 Å². The van der Waals surface area contributed by atoms with Crippen LogP contribution in [0.5, 0.6) is 0 Å². The fraction of sp³-hybridized carbons (Fsp3) is 0.538. The number of aliphatic hydroxyl groups is 1. The number of nitrogens with two attached hydrogens (primary N) is 1. The van der Waals surface area contributed by atoms with Crippen molar-refractivity contribution in [2.75, 3.05) is 18.1 Å². The number of nitrogens with zero attached hydrogens (tertiary/aromatic N) is 1. The summed E-state index contributed by atoms with van der Waals surface area (Å²) in [6.07, 6.45) is 2.46. The van der Waals surface area contributed by atoms with E-state index in [0.29, 0.717) is 12.6 Å². The lowest BCUT2D eigenvalue weighted by Crippen LogP contribution is -2.28. The maximum atomic E-state index is 9.11. The average molecular weight is 299 g/mol. The second-order valence-corrected chi connectivity index (χ2v) is 5.50. The Labute approximate surface area is 111 Å². The smallest absolute Gasteiger partial charge is 0.0606 e. The Morgan fingerprint density at radius 2 is 2.24 bits per heavy atom. The average Bonchev–Trinajstić information content (AvgIpc) is 3.09. The summed E-state index contributed by atoms with van der Waals surface area (Å²) in [7, 11) is 0. The van der Waals surface area contributed by atoms with Crippen molar-refractivity contribution in [3.63, 3.8) is 0 Å². The number of rotatable bonds is 5. The molecule has 1 fully saturated rings. The van der Waals surface area contributed by atoms with E-state index in [1.807, 2.05) is 6.92 Å². The molecule has 0 saturated heterocycles. The molecule has 1 unspecified atom stereocenters. The van der Waals surface area contributed by atoms with Gasteiger partial charge in [0.15, 0.2) is 0 Å². The fourth-order valence-corrected chi connectivity index (χ4v) is 2.81. The van der Waals surface area contributed by atoms with E-state index in [1.54, 1.807) is 0 Å². The van der Waals surface area contributed by atoms with E-state index in [2.05, 4.69) is 39.0 Å². The van der Waals surface area contributed by atoms with Gasteiger partial charge in [-0.2, -0.15) is 0 Å². The summed E-state index contributed by atoms with van der Waals surface area (Å²) in [5.41, 5.74) is 8.17. The Hall–Kier alpha value is -0.580. The first-order valence-corrected chi connectivity index (χ1v) is 6.85. The standard InChI is InChI=1S/C13H19BrN2O/c1-9(15)12-5-4-11(8-13(12)14)16(6-7-17)10-2-3-10/h4-5,8-10,17H,2-3,6-7,15H2,1H3. The molecule has 1 atom stereocenters. The van der Waals surface area contributed by atoms with Crippen molar-refractivity contribution in [1.82, 2.24) is 0 Å². The molecule has 1 aromatic carbocycles. The van der Waals surface area contributed by atoms with Crippen molar-refractivity contribution in [2.45, 2.75) is 31.8 Å². The van der Waals surface area contributed by atoms with Crippen LogP contribution in [0.2, 0.25) is 0 Å². The molecule has 0 aliphatic heterocycles. The minimum Gasteiger partial charge on any atom is -0.395 e. The monoisotopic (exact) mass is 298 g/mol. The van der Waals surface area contributed by atoms with Gasteiger partial charge in [-0.1, -0.05) is 22.0 Å². The van der Waals surface area contributed by atoms with Crippen molar-refractivity contribution in [1.29, 1.82) is 0 Å². The molecule has 1 saturated carbocycles.